The van der Waals surface area contributed by atoms with E-state index in [1.165, 1.54) is 18.9 Å². The Morgan fingerprint density at radius 3 is 2.82 bits per heavy atom. The van der Waals surface area contributed by atoms with Crippen molar-refractivity contribution in [2.24, 2.45) is 5.73 Å². The maximum Gasteiger partial charge on any atom is 0.224 e. The van der Waals surface area contributed by atoms with Crippen LogP contribution in [0.4, 0.5) is 17.6 Å². The van der Waals surface area contributed by atoms with Gasteiger partial charge in [-0.2, -0.15) is 10.1 Å². The standard InChI is InChI=1S/C20H21N7O/c21-16(13-4-2-1-3-5-13)10-15(28)12-23-20-22-9-8-18(25-20)24-19-11-17(26-27-19)14-6-7-14/h1-5,8-11,14H,6-7,12,21H2,(H3,22,23,24,25,26,27)/b16-10-. The minimum atomic E-state index is -0.162. The monoisotopic (exact) mass is 375 g/mol. The molecule has 5 N–H and O–H groups in total. The summed E-state index contributed by atoms with van der Waals surface area (Å²) >= 11 is 0. The van der Waals surface area contributed by atoms with Gasteiger partial charge in [0.2, 0.25) is 5.95 Å². The van der Waals surface area contributed by atoms with E-state index >= 15 is 0 Å². The van der Waals surface area contributed by atoms with Crippen molar-refractivity contribution in [2.45, 2.75) is 18.8 Å². The molecule has 1 saturated carbocycles. The Morgan fingerprint density at radius 2 is 2.04 bits per heavy atom. The number of ketones is 1. The summed E-state index contributed by atoms with van der Waals surface area (Å²) in [5.41, 5.74) is 8.34. The van der Waals surface area contributed by atoms with Crippen LogP contribution >= 0.6 is 0 Å². The molecule has 0 radical (unpaired) electrons. The minimum absolute atomic E-state index is 0.0468. The van der Waals surface area contributed by atoms with Crippen LogP contribution in [0.3, 0.4) is 0 Å². The van der Waals surface area contributed by atoms with Crippen molar-refractivity contribution in [3.05, 3.63) is 66.0 Å². The molecule has 28 heavy (non-hydrogen) atoms. The van der Waals surface area contributed by atoms with Crippen molar-refractivity contribution in [3.8, 4) is 0 Å². The molecule has 8 heteroatoms. The lowest BCUT2D eigenvalue weighted by Gasteiger charge is -2.06. The summed E-state index contributed by atoms with van der Waals surface area (Å²) in [6, 6.07) is 13.1. The van der Waals surface area contributed by atoms with Crippen molar-refractivity contribution < 1.29 is 4.79 Å². The molecule has 0 unspecified atom stereocenters. The van der Waals surface area contributed by atoms with Crippen LogP contribution in [0, 0.1) is 0 Å². The molecule has 1 fully saturated rings. The van der Waals surface area contributed by atoms with Gasteiger partial charge >= 0.3 is 0 Å². The Hall–Kier alpha value is -3.68. The van der Waals surface area contributed by atoms with Gasteiger partial charge in [0.1, 0.15) is 5.82 Å². The number of hydrogen-bond donors (Lipinski definition) is 4. The van der Waals surface area contributed by atoms with E-state index < -0.39 is 0 Å². The number of rotatable bonds is 8. The normalized spacial score (nSPS) is 13.9. The molecule has 2 aromatic heterocycles. The van der Waals surface area contributed by atoms with E-state index in [1.54, 1.807) is 12.3 Å². The number of benzene rings is 1. The largest absolute Gasteiger partial charge is 0.398 e. The summed E-state index contributed by atoms with van der Waals surface area (Å²) in [5, 5.41) is 13.3. The van der Waals surface area contributed by atoms with E-state index in [9.17, 15) is 4.79 Å². The Kier molecular flexibility index (Phi) is 5.01. The first-order valence-corrected chi connectivity index (χ1v) is 9.12. The van der Waals surface area contributed by atoms with Gasteiger partial charge in [-0.05, 0) is 24.5 Å². The smallest absolute Gasteiger partial charge is 0.224 e. The second-order valence-corrected chi connectivity index (χ2v) is 6.66. The minimum Gasteiger partial charge on any atom is -0.398 e. The number of H-pyrrole nitrogens is 1. The number of nitrogens with two attached hydrogens (primary N) is 1. The summed E-state index contributed by atoms with van der Waals surface area (Å²) in [7, 11) is 0. The molecule has 4 rings (SSSR count). The number of nitrogens with zero attached hydrogens (tertiary/aromatic N) is 3. The third-order valence-electron chi connectivity index (χ3n) is 4.37. The van der Waals surface area contributed by atoms with Crippen molar-refractivity contribution in [3.63, 3.8) is 0 Å². The number of carbonyl (C=O) groups excluding carboxylic acids is 1. The molecule has 8 nitrogen and oxygen atoms in total. The quantitative estimate of drug-likeness (QED) is 0.447. The summed E-state index contributed by atoms with van der Waals surface area (Å²) in [6.45, 7) is 0.0468. The van der Waals surface area contributed by atoms with E-state index in [4.69, 9.17) is 5.73 Å². The van der Waals surface area contributed by atoms with Gasteiger partial charge < -0.3 is 16.4 Å². The highest BCUT2D eigenvalue weighted by molar-refractivity contribution is 5.98. The molecule has 2 heterocycles. The first-order chi connectivity index (χ1) is 13.7. The lowest BCUT2D eigenvalue weighted by Crippen LogP contribution is -2.15. The third kappa shape index (κ3) is 4.53. The molecule has 3 aromatic rings. The molecule has 142 valence electrons. The zero-order valence-electron chi connectivity index (χ0n) is 15.2. The van der Waals surface area contributed by atoms with Crippen LogP contribution < -0.4 is 16.4 Å². The van der Waals surface area contributed by atoms with E-state index in [0.717, 1.165) is 11.3 Å². The number of hydrogen-bond acceptors (Lipinski definition) is 7. The van der Waals surface area contributed by atoms with Gasteiger partial charge in [-0.1, -0.05) is 30.3 Å². The molecule has 1 aliphatic rings. The van der Waals surface area contributed by atoms with Gasteiger partial charge in [0.15, 0.2) is 11.6 Å². The fraction of sp³-hybridized carbons (Fsp3) is 0.200. The Morgan fingerprint density at radius 1 is 1.21 bits per heavy atom. The first kappa shape index (κ1) is 17.7. The summed E-state index contributed by atoms with van der Waals surface area (Å²) in [6.07, 6.45) is 5.44. The second kappa shape index (κ2) is 7.91. The zero-order valence-corrected chi connectivity index (χ0v) is 15.2. The predicted octanol–water partition coefficient (Wildman–Crippen LogP) is 2.80. The fourth-order valence-electron chi connectivity index (χ4n) is 2.75. The molecule has 0 amide bonds. The molecular weight excluding hydrogens is 354 g/mol. The first-order valence-electron chi connectivity index (χ1n) is 9.12. The lowest BCUT2D eigenvalue weighted by molar-refractivity contribution is -0.113. The Balaban J connectivity index is 1.34. The SMILES string of the molecule is N/C(=C\C(=O)CNc1nccc(Nc2cc(C3CC3)[nH]n2)n1)c1ccccc1. The molecule has 0 aliphatic heterocycles. The van der Waals surface area contributed by atoms with Gasteiger partial charge in [0.05, 0.1) is 6.54 Å². The highest BCUT2D eigenvalue weighted by Gasteiger charge is 2.25. The maximum absolute atomic E-state index is 12.1. The highest BCUT2D eigenvalue weighted by Crippen LogP contribution is 2.39. The van der Waals surface area contributed by atoms with Crippen molar-refractivity contribution in [1.29, 1.82) is 0 Å². The van der Waals surface area contributed by atoms with Gasteiger partial charge in [-0.25, -0.2) is 4.98 Å². The van der Waals surface area contributed by atoms with Crippen LogP contribution in [-0.2, 0) is 4.79 Å². The second-order valence-electron chi connectivity index (χ2n) is 6.66. The Labute approximate surface area is 162 Å². The van der Waals surface area contributed by atoms with Crippen molar-refractivity contribution in [2.75, 3.05) is 17.2 Å². The number of carbonyl (C=O) groups is 1. The molecule has 1 aliphatic carbocycles. The van der Waals surface area contributed by atoms with Crippen LogP contribution in [0.25, 0.3) is 5.70 Å². The van der Waals surface area contributed by atoms with Crippen LogP contribution in [0.15, 0.2) is 54.7 Å². The van der Waals surface area contributed by atoms with Gasteiger partial charge in [-0.15, -0.1) is 0 Å². The molecular formula is C20H21N7O. The van der Waals surface area contributed by atoms with E-state index in [-0.39, 0.29) is 12.3 Å². The molecule has 1 aromatic carbocycles. The summed E-state index contributed by atoms with van der Waals surface area (Å²) in [4.78, 5) is 20.6. The predicted molar refractivity (Wildman–Crippen MR) is 108 cm³/mol. The van der Waals surface area contributed by atoms with E-state index in [0.29, 0.717) is 29.2 Å². The van der Waals surface area contributed by atoms with E-state index in [2.05, 4.69) is 30.8 Å². The summed E-state index contributed by atoms with van der Waals surface area (Å²) in [5.74, 6) is 2.10. The Bertz CT molecular complexity index is 993. The summed E-state index contributed by atoms with van der Waals surface area (Å²) < 4.78 is 0. The van der Waals surface area contributed by atoms with Gasteiger partial charge in [0.25, 0.3) is 0 Å². The fourth-order valence-corrected chi connectivity index (χ4v) is 2.75. The lowest BCUT2D eigenvalue weighted by atomic mass is 10.1. The van der Waals surface area contributed by atoms with Crippen molar-refractivity contribution >= 4 is 29.1 Å². The molecule has 0 spiro atoms. The van der Waals surface area contributed by atoms with Gasteiger partial charge in [-0.3, -0.25) is 9.89 Å². The number of nitrogens with one attached hydrogen (secondary N) is 3. The van der Waals surface area contributed by atoms with Crippen molar-refractivity contribution in [1.82, 2.24) is 20.2 Å². The van der Waals surface area contributed by atoms with Crippen LogP contribution in [0.2, 0.25) is 0 Å². The third-order valence-corrected chi connectivity index (χ3v) is 4.37. The maximum atomic E-state index is 12.1. The average Bonchev–Trinajstić information content (AvgIpc) is 3.47. The number of aromatic amines is 1. The number of anilines is 3. The number of aromatic nitrogens is 4. The molecule has 0 atom stereocenters. The van der Waals surface area contributed by atoms with Crippen LogP contribution in [-0.4, -0.2) is 32.5 Å². The van der Waals surface area contributed by atoms with Crippen LogP contribution in [0.5, 0.6) is 0 Å². The molecule has 0 saturated heterocycles. The van der Waals surface area contributed by atoms with Crippen LogP contribution in [0.1, 0.15) is 30.0 Å². The zero-order chi connectivity index (χ0) is 19.3. The van der Waals surface area contributed by atoms with E-state index in [1.807, 2.05) is 36.4 Å². The topological polar surface area (TPSA) is 122 Å². The highest BCUT2D eigenvalue weighted by atomic mass is 16.1. The molecule has 0 bridgehead atoms. The average molecular weight is 375 g/mol. The van der Waals surface area contributed by atoms with Gasteiger partial charge in [0, 0.05) is 35.6 Å².